The van der Waals surface area contributed by atoms with Crippen molar-refractivity contribution in [2.24, 2.45) is 0 Å². The number of amides is 1. The summed E-state index contributed by atoms with van der Waals surface area (Å²) in [5.74, 6) is 2.34. The van der Waals surface area contributed by atoms with Crippen molar-refractivity contribution in [1.29, 1.82) is 0 Å². The summed E-state index contributed by atoms with van der Waals surface area (Å²) in [6, 6.07) is 23.7. The summed E-state index contributed by atoms with van der Waals surface area (Å²) < 4.78 is 39.8. The van der Waals surface area contributed by atoms with Crippen LogP contribution < -0.4 is 30.7 Å². The fraction of sp³-hybridized carbons (Fsp3) is 0.426. The number of hydrogen-bond acceptors (Lipinski definition) is 14. The number of carbonyl (C=O) groups is 1. The number of hydrogen-bond donors (Lipinski definition) is 3. The molecule has 15 nitrogen and oxygen atoms in total. The molecule has 3 fully saturated rings. The van der Waals surface area contributed by atoms with Gasteiger partial charge in [-0.1, -0.05) is 29.8 Å². The molecule has 18 heteroatoms. The lowest BCUT2D eigenvalue weighted by Crippen LogP contribution is -2.48. The third kappa shape index (κ3) is 11.7. The molecule has 65 heavy (non-hydrogen) atoms. The van der Waals surface area contributed by atoms with Gasteiger partial charge in [0.15, 0.2) is 15.7 Å². The number of carbonyl (C=O) groups excluding carboxylic acids is 1. The number of para-hydroxylation sites is 1. The van der Waals surface area contributed by atoms with Crippen LogP contribution in [0.4, 0.5) is 50.5 Å². The molecular weight excluding hydrogens is 867 g/mol. The van der Waals surface area contributed by atoms with Crippen molar-refractivity contribution in [3.05, 3.63) is 102 Å². The van der Waals surface area contributed by atoms with Crippen LogP contribution in [0, 0.1) is 5.82 Å². The highest BCUT2D eigenvalue weighted by Crippen LogP contribution is 2.31. The Hall–Kier alpha value is -5.78. The van der Waals surface area contributed by atoms with Crippen LogP contribution in [0.15, 0.2) is 96.3 Å². The van der Waals surface area contributed by atoms with E-state index < -0.39 is 15.1 Å². The molecule has 0 spiro atoms. The molecule has 5 aromatic rings. The predicted molar refractivity (Wildman–Crippen MR) is 257 cm³/mol. The van der Waals surface area contributed by atoms with Gasteiger partial charge >= 0.3 is 0 Å². The quantitative estimate of drug-likeness (QED) is 0.0840. The molecule has 3 N–H and O–H groups in total. The Labute approximate surface area is 386 Å². The molecule has 0 aliphatic carbocycles. The monoisotopic (exact) mass is 924 g/mol. The minimum atomic E-state index is -3.55. The van der Waals surface area contributed by atoms with Gasteiger partial charge in [0, 0.05) is 101 Å². The fourth-order valence-electron chi connectivity index (χ4n) is 8.59. The molecule has 5 heterocycles. The van der Waals surface area contributed by atoms with E-state index in [4.69, 9.17) is 11.6 Å². The van der Waals surface area contributed by atoms with E-state index in [1.165, 1.54) is 12.3 Å². The summed E-state index contributed by atoms with van der Waals surface area (Å²) in [4.78, 5) is 42.6. The molecule has 1 amide bonds. The minimum absolute atomic E-state index is 0.176. The second-order valence-corrected chi connectivity index (χ2v) is 20.0. The smallest absolute Gasteiger partial charge is 0.229 e. The number of benzene rings is 3. The van der Waals surface area contributed by atoms with Gasteiger partial charge in [-0.3, -0.25) is 9.69 Å². The van der Waals surface area contributed by atoms with Gasteiger partial charge in [0.2, 0.25) is 11.9 Å². The minimum Gasteiger partial charge on any atom is -0.369 e. The maximum Gasteiger partial charge on any atom is 0.229 e. The maximum atomic E-state index is 13.9. The van der Waals surface area contributed by atoms with Crippen LogP contribution in [0.3, 0.4) is 0 Å². The highest BCUT2D eigenvalue weighted by Gasteiger charge is 2.26. The van der Waals surface area contributed by atoms with Crippen molar-refractivity contribution in [3.63, 3.8) is 0 Å². The van der Waals surface area contributed by atoms with E-state index in [0.717, 1.165) is 113 Å². The number of piperazine rings is 2. The zero-order chi connectivity index (χ0) is 45.3. The van der Waals surface area contributed by atoms with Gasteiger partial charge in [0.1, 0.15) is 28.8 Å². The first-order valence-electron chi connectivity index (χ1n) is 22.6. The summed E-state index contributed by atoms with van der Waals surface area (Å²) in [5.41, 5.74) is 3.15. The van der Waals surface area contributed by atoms with E-state index in [1.54, 1.807) is 56.6 Å². The van der Waals surface area contributed by atoms with Crippen molar-refractivity contribution >= 4 is 73.5 Å². The Balaban J connectivity index is 0.728. The molecular formula is C47H58ClFN12O3S. The molecule has 344 valence electrons. The molecule has 3 aliphatic rings. The SMILES string of the molecule is CC(C)S(=O)(=O)c1ccccc1Nc1nc(Nc2ccc(N3CCN(C(=O)CCCCN4CCN(c5cc(N[C@@H]6CCCN(c7cccc(F)c7)C6)ncn5)CC4)CC3)cc2)ncc1Cl. The van der Waals surface area contributed by atoms with Gasteiger partial charge in [-0.25, -0.2) is 27.8 Å². The zero-order valence-electron chi connectivity index (χ0n) is 37.0. The van der Waals surface area contributed by atoms with E-state index in [0.29, 0.717) is 31.1 Å². The van der Waals surface area contributed by atoms with Gasteiger partial charge < -0.3 is 35.6 Å². The topological polar surface area (TPSA) is 155 Å². The van der Waals surface area contributed by atoms with Crippen LogP contribution in [0.2, 0.25) is 5.02 Å². The van der Waals surface area contributed by atoms with E-state index in [1.807, 2.05) is 41.3 Å². The molecule has 0 radical (unpaired) electrons. The summed E-state index contributed by atoms with van der Waals surface area (Å²) in [6.45, 7) is 12.5. The normalized spacial score (nSPS) is 17.3. The van der Waals surface area contributed by atoms with Crippen molar-refractivity contribution in [2.45, 2.75) is 62.1 Å². The lowest BCUT2D eigenvalue weighted by atomic mass is 10.0. The Morgan fingerprint density at radius 2 is 1.58 bits per heavy atom. The molecule has 2 aromatic heterocycles. The van der Waals surface area contributed by atoms with E-state index in [-0.39, 0.29) is 33.5 Å². The number of halogens is 2. The van der Waals surface area contributed by atoms with Gasteiger partial charge in [0.05, 0.1) is 22.0 Å². The number of piperidine rings is 1. The lowest BCUT2D eigenvalue weighted by molar-refractivity contribution is -0.131. The summed E-state index contributed by atoms with van der Waals surface area (Å²) in [7, 11) is -3.55. The molecule has 8 rings (SSSR count). The van der Waals surface area contributed by atoms with Crippen LogP contribution in [-0.4, -0.2) is 127 Å². The number of sulfone groups is 1. The van der Waals surface area contributed by atoms with Crippen LogP contribution in [0.5, 0.6) is 0 Å². The van der Waals surface area contributed by atoms with Crippen molar-refractivity contribution in [1.82, 2.24) is 29.7 Å². The van der Waals surface area contributed by atoms with Crippen LogP contribution in [-0.2, 0) is 14.6 Å². The Bertz CT molecular complexity index is 2500. The third-order valence-corrected chi connectivity index (χ3v) is 14.8. The molecule has 0 unspecified atom stereocenters. The average Bonchev–Trinajstić information content (AvgIpc) is 3.32. The van der Waals surface area contributed by atoms with Gasteiger partial charge in [-0.15, -0.1) is 0 Å². The Morgan fingerprint density at radius 1 is 0.815 bits per heavy atom. The van der Waals surface area contributed by atoms with Gasteiger partial charge in [-0.05, 0) is 101 Å². The first kappa shape index (κ1) is 45.8. The standard InChI is InChI=1S/C47H58ClFN12O3S/c1-34(2)65(63,64)42-13-4-3-12-41(42)55-46-40(48)31-50-47(56-46)54-36-15-17-38(18-16-36)58-25-27-60(28-26-58)45(62)14-5-6-19-57-21-23-59(24-22-57)44-30-43(51-33-52-44)53-37-10-8-20-61(32-37)39-11-7-9-35(49)29-39/h3-4,7,9,11-13,15-18,29-31,33-34,37H,5-6,8,10,14,19-28,32H2,1-2H3,(H,51,52,53)(H2,50,54,55,56)/t37-/m1/s1. The third-order valence-electron chi connectivity index (χ3n) is 12.3. The Kier molecular flexibility index (Phi) is 14.8. The average molecular weight is 926 g/mol. The number of aromatic nitrogens is 4. The molecule has 3 aromatic carbocycles. The predicted octanol–water partition coefficient (Wildman–Crippen LogP) is 7.45. The number of nitrogens with one attached hydrogen (secondary N) is 3. The molecule has 0 bridgehead atoms. The summed E-state index contributed by atoms with van der Waals surface area (Å²) >= 11 is 6.43. The summed E-state index contributed by atoms with van der Waals surface area (Å²) in [6.07, 6.45) is 7.57. The lowest BCUT2D eigenvalue weighted by Gasteiger charge is -2.36. The first-order valence-corrected chi connectivity index (χ1v) is 24.5. The van der Waals surface area contributed by atoms with Crippen LogP contribution in [0.1, 0.15) is 46.0 Å². The zero-order valence-corrected chi connectivity index (χ0v) is 38.6. The van der Waals surface area contributed by atoms with Crippen LogP contribution >= 0.6 is 11.6 Å². The van der Waals surface area contributed by atoms with Crippen molar-refractivity contribution < 1.29 is 17.6 Å². The highest BCUT2D eigenvalue weighted by molar-refractivity contribution is 7.92. The van der Waals surface area contributed by atoms with Gasteiger partial charge in [0.25, 0.3) is 0 Å². The fourth-order valence-corrected chi connectivity index (χ4v) is 9.93. The van der Waals surface area contributed by atoms with E-state index in [9.17, 15) is 17.6 Å². The Morgan fingerprint density at radius 3 is 2.35 bits per heavy atom. The van der Waals surface area contributed by atoms with Crippen molar-refractivity contribution in [3.8, 4) is 0 Å². The highest BCUT2D eigenvalue weighted by atomic mass is 35.5. The number of rotatable bonds is 16. The van der Waals surface area contributed by atoms with Crippen LogP contribution in [0.25, 0.3) is 0 Å². The number of anilines is 8. The second-order valence-electron chi connectivity index (χ2n) is 17.1. The van der Waals surface area contributed by atoms with E-state index >= 15 is 0 Å². The number of unbranched alkanes of at least 4 members (excludes halogenated alkanes) is 1. The molecule has 3 saturated heterocycles. The number of nitrogens with zero attached hydrogens (tertiary/aromatic N) is 9. The molecule has 0 saturated carbocycles. The second kappa shape index (κ2) is 21.0. The largest absolute Gasteiger partial charge is 0.369 e. The molecule has 3 aliphatic heterocycles. The van der Waals surface area contributed by atoms with E-state index in [2.05, 4.69) is 55.5 Å². The van der Waals surface area contributed by atoms with Crippen molar-refractivity contribution in [2.75, 3.05) is 103 Å². The van der Waals surface area contributed by atoms with Gasteiger partial charge in [-0.2, -0.15) is 4.98 Å². The first-order chi connectivity index (χ1) is 31.5. The maximum absolute atomic E-state index is 13.9. The molecule has 1 atom stereocenters. The summed E-state index contributed by atoms with van der Waals surface area (Å²) in [5, 5.41) is 9.57.